The van der Waals surface area contributed by atoms with Crippen molar-refractivity contribution in [1.29, 1.82) is 0 Å². The Morgan fingerprint density at radius 1 is 1.26 bits per heavy atom. The second kappa shape index (κ2) is 11.1. The molecular weight excluding hydrogens is 406 g/mol. The maximum absolute atomic E-state index is 6.15. The Balaban J connectivity index is 1.31. The molecule has 6 nitrogen and oxygen atoms in total. The summed E-state index contributed by atoms with van der Waals surface area (Å²) in [5.74, 6) is 1.03. The molecule has 31 heavy (non-hydrogen) atoms. The lowest BCUT2D eigenvalue weighted by molar-refractivity contribution is -0.0502. The van der Waals surface area contributed by atoms with Crippen molar-refractivity contribution in [2.45, 2.75) is 51.8 Å². The molecule has 168 valence electrons. The molecule has 2 aromatic rings. The summed E-state index contributed by atoms with van der Waals surface area (Å²) in [5, 5.41) is 6.88. The summed E-state index contributed by atoms with van der Waals surface area (Å²) in [6.45, 7) is 10.6. The maximum atomic E-state index is 6.15. The first-order valence-electron chi connectivity index (χ1n) is 11.6. The van der Waals surface area contributed by atoms with Gasteiger partial charge < -0.3 is 15.0 Å². The molecule has 0 bridgehead atoms. The first kappa shape index (κ1) is 22.2. The van der Waals surface area contributed by atoms with Crippen molar-refractivity contribution >= 4 is 17.3 Å². The van der Waals surface area contributed by atoms with Crippen molar-refractivity contribution in [2.24, 2.45) is 4.99 Å². The molecule has 4 rings (SSSR count). The van der Waals surface area contributed by atoms with Gasteiger partial charge in [0.05, 0.1) is 23.8 Å². The van der Waals surface area contributed by atoms with Gasteiger partial charge in [0, 0.05) is 50.3 Å². The van der Waals surface area contributed by atoms with Gasteiger partial charge in [-0.1, -0.05) is 30.3 Å². The van der Waals surface area contributed by atoms with E-state index in [0.717, 1.165) is 76.8 Å². The number of hydrogen-bond acceptors (Lipinski definition) is 5. The molecule has 2 unspecified atom stereocenters. The fourth-order valence-corrected chi connectivity index (χ4v) is 5.28. The van der Waals surface area contributed by atoms with Gasteiger partial charge in [-0.2, -0.15) is 0 Å². The van der Waals surface area contributed by atoms with E-state index in [1.54, 1.807) is 11.3 Å². The first-order chi connectivity index (χ1) is 15.2. The van der Waals surface area contributed by atoms with Crippen LogP contribution in [0.4, 0.5) is 0 Å². The van der Waals surface area contributed by atoms with Gasteiger partial charge in [-0.25, -0.2) is 4.98 Å². The van der Waals surface area contributed by atoms with Gasteiger partial charge in [0.15, 0.2) is 5.96 Å². The van der Waals surface area contributed by atoms with E-state index in [1.165, 1.54) is 10.6 Å². The minimum absolute atomic E-state index is 0.259. The summed E-state index contributed by atoms with van der Waals surface area (Å²) in [4.78, 5) is 14.5. The number of aromatic nitrogens is 1. The highest BCUT2D eigenvalue weighted by atomic mass is 32.1. The zero-order valence-corrected chi connectivity index (χ0v) is 19.6. The molecule has 1 N–H and O–H groups in total. The molecule has 2 atom stereocenters. The molecule has 0 spiro atoms. The van der Waals surface area contributed by atoms with E-state index in [1.807, 2.05) is 0 Å². The molecule has 1 aromatic heterocycles. The number of guanidine groups is 1. The highest BCUT2D eigenvalue weighted by Crippen LogP contribution is 2.24. The van der Waals surface area contributed by atoms with Crippen molar-refractivity contribution in [1.82, 2.24) is 20.1 Å². The number of rotatable bonds is 8. The summed E-state index contributed by atoms with van der Waals surface area (Å²) in [7, 11) is 0. The zero-order chi connectivity index (χ0) is 21.5. The van der Waals surface area contributed by atoms with E-state index in [0.29, 0.717) is 6.04 Å². The average molecular weight is 442 g/mol. The second-order valence-electron chi connectivity index (χ2n) is 8.41. The molecule has 0 amide bonds. The molecule has 0 saturated carbocycles. The van der Waals surface area contributed by atoms with Gasteiger partial charge in [-0.05, 0) is 38.7 Å². The van der Waals surface area contributed by atoms with Crippen molar-refractivity contribution in [3.05, 3.63) is 52.0 Å². The van der Waals surface area contributed by atoms with E-state index in [4.69, 9.17) is 9.73 Å². The zero-order valence-electron chi connectivity index (χ0n) is 18.8. The lowest BCUT2D eigenvalue weighted by Gasteiger charge is -2.36. The lowest BCUT2D eigenvalue weighted by Crippen LogP contribution is -2.50. The molecule has 2 aliphatic heterocycles. The fourth-order valence-electron chi connectivity index (χ4n) is 4.46. The van der Waals surface area contributed by atoms with Crippen LogP contribution in [0.25, 0.3) is 0 Å². The standard InChI is InChI=1S/C24H35N5OS/c1-3-25-24(26-12-8-7-11-23-27-19(2)18-31-23)29-16-21-22(17-29)30-14-13-28(21)15-20-9-5-4-6-10-20/h4-6,9-10,18,21-22H,3,7-8,11-17H2,1-2H3,(H,25,26). The highest BCUT2D eigenvalue weighted by Gasteiger charge is 2.41. The molecule has 0 radical (unpaired) electrons. The molecule has 2 saturated heterocycles. The van der Waals surface area contributed by atoms with Crippen LogP contribution in [0.2, 0.25) is 0 Å². The Morgan fingerprint density at radius 2 is 2.13 bits per heavy atom. The predicted molar refractivity (Wildman–Crippen MR) is 128 cm³/mol. The normalized spacial score (nSPS) is 22.0. The van der Waals surface area contributed by atoms with Crippen molar-refractivity contribution < 1.29 is 4.74 Å². The van der Waals surface area contributed by atoms with Gasteiger partial charge in [0.1, 0.15) is 0 Å². The van der Waals surface area contributed by atoms with Crippen LogP contribution in [-0.4, -0.2) is 72.2 Å². The Hall–Kier alpha value is -1.96. The van der Waals surface area contributed by atoms with Gasteiger partial charge >= 0.3 is 0 Å². The van der Waals surface area contributed by atoms with E-state index in [-0.39, 0.29) is 6.10 Å². The van der Waals surface area contributed by atoms with Gasteiger partial charge in [-0.3, -0.25) is 9.89 Å². The third-order valence-corrected chi connectivity index (χ3v) is 7.03. The van der Waals surface area contributed by atoms with Crippen molar-refractivity contribution in [2.75, 3.05) is 39.3 Å². The third kappa shape index (κ3) is 6.05. The average Bonchev–Trinajstić information content (AvgIpc) is 3.40. The monoisotopic (exact) mass is 441 g/mol. The fraction of sp³-hybridized carbons (Fsp3) is 0.583. The minimum atomic E-state index is 0.259. The lowest BCUT2D eigenvalue weighted by atomic mass is 10.1. The van der Waals surface area contributed by atoms with Crippen LogP contribution in [0.1, 0.15) is 36.0 Å². The van der Waals surface area contributed by atoms with Gasteiger partial charge in [0.2, 0.25) is 0 Å². The smallest absolute Gasteiger partial charge is 0.194 e. The summed E-state index contributed by atoms with van der Waals surface area (Å²) in [6.07, 6.45) is 3.54. The SMILES string of the molecule is CCNC(=NCCCCc1nc(C)cs1)N1CC2OCCN(Cc3ccccc3)C2C1. The number of thiazole rings is 1. The topological polar surface area (TPSA) is 53.0 Å². The largest absolute Gasteiger partial charge is 0.373 e. The quantitative estimate of drug-likeness (QED) is 0.387. The van der Waals surface area contributed by atoms with E-state index < -0.39 is 0 Å². The predicted octanol–water partition coefficient (Wildman–Crippen LogP) is 3.32. The number of benzene rings is 1. The summed E-state index contributed by atoms with van der Waals surface area (Å²) in [5.41, 5.74) is 2.50. The minimum Gasteiger partial charge on any atom is -0.373 e. The summed E-state index contributed by atoms with van der Waals surface area (Å²) in [6, 6.07) is 11.2. The second-order valence-corrected chi connectivity index (χ2v) is 9.36. The molecule has 0 aliphatic carbocycles. The number of nitrogens with zero attached hydrogens (tertiary/aromatic N) is 4. The number of likely N-dealkylation sites (tertiary alicyclic amines) is 1. The van der Waals surface area contributed by atoms with Gasteiger partial charge in [0.25, 0.3) is 0 Å². The van der Waals surface area contributed by atoms with Crippen LogP contribution in [0.3, 0.4) is 0 Å². The number of morpholine rings is 1. The number of hydrogen-bond donors (Lipinski definition) is 1. The number of ether oxygens (including phenoxy) is 1. The molecule has 3 heterocycles. The van der Waals surface area contributed by atoms with Crippen molar-refractivity contribution in [3.8, 4) is 0 Å². The number of aryl methyl sites for hydroxylation is 2. The Labute approximate surface area is 190 Å². The summed E-state index contributed by atoms with van der Waals surface area (Å²) >= 11 is 1.77. The Kier molecular flexibility index (Phi) is 7.94. The van der Waals surface area contributed by atoms with Crippen molar-refractivity contribution in [3.63, 3.8) is 0 Å². The maximum Gasteiger partial charge on any atom is 0.194 e. The molecule has 7 heteroatoms. The van der Waals surface area contributed by atoms with Crippen LogP contribution >= 0.6 is 11.3 Å². The van der Waals surface area contributed by atoms with Gasteiger partial charge in [-0.15, -0.1) is 11.3 Å². The van der Waals surface area contributed by atoms with Crippen LogP contribution < -0.4 is 5.32 Å². The number of fused-ring (bicyclic) bond motifs is 1. The molecule has 1 aromatic carbocycles. The number of aliphatic imine (C=N–C) groups is 1. The number of nitrogens with one attached hydrogen (secondary N) is 1. The van der Waals surface area contributed by atoms with Crippen LogP contribution in [0, 0.1) is 6.92 Å². The van der Waals surface area contributed by atoms with Crippen LogP contribution in [0.15, 0.2) is 40.7 Å². The van der Waals surface area contributed by atoms with Crippen LogP contribution in [-0.2, 0) is 17.7 Å². The van der Waals surface area contributed by atoms with Crippen LogP contribution in [0.5, 0.6) is 0 Å². The first-order valence-corrected chi connectivity index (χ1v) is 12.4. The van der Waals surface area contributed by atoms with E-state index in [9.17, 15) is 0 Å². The molecule has 2 aliphatic rings. The Bertz CT molecular complexity index is 840. The van der Waals surface area contributed by atoms with E-state index in [2.05, 4.69) is 69.7 Å². The third-order valence-electron chi connectivity index (χ3n) is 6.01. The summed E-state index contributed by atoms with van der Waals surface area (Å²) < 4.78 is 6.15. The molecule has 2 fully saturated rings. The number of unbranched alkanes of at least 4 members (excludes halogenated alkanes) is 1. The Morgan fingerprint density at radius 3 is 2.90 bits per heavy atom. The highest BCUT2D eigenvalue weighted by molar-refractivity contribution is 7.09. The van der Waals surface area contributed by atoms with E-state index >= 15 is 0 Å². The molecular formula is C24H35N5OS.